The molecule has 0 spiro atoms. The van der Waals surface area contributed by atoms with Gasteiger partial charge in [0.25, 0.3) is 0 Å². The highest BCUT2D eigenvalue weighted by molar-refractivity contribution is 7.89. The molecule has 0 saturated carbocycles. The van der Waals surface area contributed by atoms with Gasteiger partial charge in [0, 0.05) is 17.6 Å². The third kappa shape index (κ3) is 3.47. The Morgan fingerprint density at radius 1 is 1.30 bits per heavy atom. The fourth-order valence-electron chi connectivity index (χ4n) is 1.69. The lowest BCUT2D eigenvalue weighted by Crippen LogP contribution is -2.24. The van der Waals surface area contributed by atoms with Crippen LogP contribution in [-0.4, -0.2) is 19.9 Å². The number of rotatable bonds is 6. The molecule has 0 atom stereocenters. The summed E-state index contributed by atoms with van der Waals surface area (Å²) in [5.41, 5.74) is 1.10. The van der Waals surface area contributed by atoms with Gasteiger partial charge in [-0.3, -0.25) is 4.79 Å². The van der Waals surface area contributed by atoms with Gasteiger partial charge >= 0.3 is 4.87 Å². The van der Waals surface area contributed by atoms with Crippen molar-refractivity contribution in [3.05, 3.63) is 45.0 Å². The van der Waals surface area contributed by atoms with Crippen LogP contribution < -0.4 is 14.9 Å². The van der Waals surface area contributed by atoms with Crippen LogP contribution >= 0.6 is 11.3 Å². The maximum absolute atomic E-state index is 12.3. The summed E-state index contributed by atoms with van der Waals surface area (Å²) in [5, 5.41) is 4.61. The Hall–Kier alpha value is -1.64. The summed E-state index contributed by atoms with van der Waals surface area (Å²) in [5.74, 6) is 0. The molecule has 8 heteroatoms. The summed E-state index contributed by atoms with van der Waals surface area (Å²) in [4.78, 5) is 13.6. The van der Waals surface area contributed by atoms with E-state index in [1.165, 1.54) is 6.07 Å². The zero-order chi connectivity index (χ0) is 14.6. The first kappa shape index (κ1) is 14.8. The van der Waals surface area contributed by atoms with E-state index in [1.54, 1.807) is 23.6 Å². The molecule has 1 aromatic carbocycles. The Kier molecular flexibility index (Phi) is 4.58. The van der Waals surface area contributed by atoms with Crippen molar-refractivity contribution in [3.8, 4) is 0 Å². The van der Waals surface area contributed by atoms with Crippen molar-refractivity contribution < 1.29 is 8.42 Å². The Morgan fingerprint density at radius 3 is 2.70 bits per heavy atom. The molecule has 0 amide bonds. The minimum absolute atomic E-state index is 0.0571. The van der Waals surface area contributed by atoms with Crippen molar-refractivity contribution >= 4 is 27.0 Å². The van der Waals surface area contributed by atoms with Crippen LogP contribution in [0.4, 0.5) is 5.69 Å². The number of thiazole rings is 1. The second-order valence-electron chi connectivity index (χ2n) is 4.02. The lowest BCUT2D eigenvalue weighted by atomic mass is 10.3. The summed E-state index contributed by atoms with van der Waals surface area (Å²) in [6, 6.07) is 6.69. The molecular formula is C12H15N3O3S2. The fraction of sp³-hybridized carbons (Fsp3) is 0.250. The van der Waals surface area contributed by atoms with Gasteiger partial charge in [-0.1, -0.05) is 23.5 Å². The largest absolute Gasteiger partial charge is 0.384 e. The number of hydrogen-bond acceptors (Lipinski definition) is 5. The van der Waals surface area contributed by atoms with E-state index >= 15 is 0 Å². The van der Waals surface area contributed by atoms with E-state index < -0.39 is 10.0 Å². The molecular weight excluding hydrogens is 298 g/mol. The maximum Gasteiger partial charge on any atom is 0.304 e. The molecule has 2 aromatic rings. The lowest BCUT2D eigenvalue weighted by Gasteiger charge is -2.11. The SMILES string of the molecule is CCNc1ccccc1S(=O)(=O)NCc1csc(=O)[nH]1. The van der Waals surface area contributed by atoms with Crippen molar-refractivity contribution in [1.29, 1.82) is 0 Å². The van der Waals surface area contributed by atoms with E-state index in [0.29, 0.717) is 17.9 Å². The van der Waals surface area contributed by atoms with Gasteiger partial charge in [-0.15, -0.1) is 0 Å². The van der Waals surface area contributed by atoms with Gasteiger partial charge in [0.15, 0.2) is 0 Å². The summed E-state index contributed by atoms with van der Waals surface area (Å²) < 4.78 is 27.0. The number of anilines is 1. The predicted octanol–water partition coefficient (Wildman–Crippen LogP) is 1.35. The van der Waals surface area contributed by atoms with Crippen LogP contribution in [-0.2, 0) is 16.6 Å². The summed E-state index contributed by atoms with van der Waals surface area (Å²) in [7, 11) is -3.63. The van der Waals surface area contributed by atoms with Crippen molar-refractivity contribution in [2.45, 2.75) is 18.4 Å². The van der Waals surface area contributed by atoms with Crippen LogP contribution in [0.25, 0.3) is 0 Å². The topological polar surface area (TPSA) is 91.1 Å². The van der Waals surface area contributed by atoms with E-state index in [-0.39, 0.29) is 16.3 Å². The number of benzene rings is 1. The lowest BCUT2D eigenvalue weighted by molar-refractivity contribution is 0.581. The van der Waals surface area contributed by atoms with Gasteiger partial charge < -0.3 is 10.3 Å². The number of nitrogens with one attached hydrogen (secondary N) is 3. The fourth-order valence-corrected chi connectivity index (χ4v) is 3.46. The molecule has 108 valence electrons. The average molecular weight is 313 g/mol. The van der Waals surface area contributed by atoms with Crippen LogP contribution in [0.2, 0.25) is 0 Å². The number of aromatic nitrogens is 1. The molecule has 0 aliphatic heterocycles. The Morgan fingerprint density at radius 2 is 2.05 bits per heavy atom. The summed E-state index contributed by atoms with van der Waals surface area (Å²) in [6.07, 6.45) is 0. The van der Waals surface area contributed by atoms with Gasteiger partial charge in [-0.25, -0.2) is 13.1 Å². The molecule has 2 rings (SSSR count). The molecule has 0 bridgehead atoms. The second-order valence-corrected chi connectivity index (χ2v) is 6.60. The van der Waals surface area contributed by atoms with Crippen LogP contribution in [0.5, 0.6) is 0 Å². The van der Waals surface area contributed by atoms with Gasteiger partial charge in [0.1, 0.15) is 4.90 Å². The number of hydrogen-bond donors (Lipinski definition) is 3. The van der Waals surface area contributed by atoms with E-state index in [4.69, 9.17) is 0 Å². The first-order chi connectivity index (χ1) is 9.53. The van der Waals surface area contributed by atoms with E-state index in [9.17, 15) is 13.2 Å². The maximum atomic E-state index is 12.3. The molecule has 0 aliphatic carbocycles. The molecule has 1 aromatic heterocycles. The molecule has 0 radical (unpaired) electrons. The Balaban J connectivity index is 2.20. The van der Waals surface area contributed by atoms with Gasteiger partial charge in [-0.2, -0.15) is 0 Å². The van der Waals surface area contributed by atoms with Crippen LogP contribution in [0.15, 0.2) is 39.3 Å². The minimum atomic E-state index is -3.63. The minimum Gasteiger partial charge on any atom is -0.384 e. The van der Waals surface area contributed by atoms with Crippen molar-refractivity contribution in [2.75, 3.05) is 11.9 Å². The first-order valence-electron chi connectivity index (χ1n) is 6.02. The first-order valence-corrected chi connectivity index (χ1v) is 8.38. The summed E-state index contributed by atoms with van der Waals surface area (Å²) >= 11 is 1.00. The van der Waals surface area contributed by atoms with Crippen LogP contribution in [0, 0.1) is 0 Å². The molecule has 0 unspecified atom stereocenters. The molecule has 3 N–H and O–H groups in total. The smallest absolute Gasteiger partial charge is 0.304 e. The van der Waals surface area contributed by atoms with Crippen LogP contribution in [0.1, 0.15) is 12.6 Å². The molecule has 0 aliphatic rings. The normalized spacial score (nSPS) is 11.4. The predicted molar refractivity (Wildman–Crippen MR) is 79.6 cm³/mol. The molecule has 6 nitrogen and oxygen atoms in total. The standard InChI is InChI=1S/C12H15N3O3S2/c1-2-13-10-5-3-4-6-11(10)20(17,18)14-7-9-8-19-12(16)15-9/h3-6,8,13-14H,2,7H2,1H3,(H,15,16). The van der Waals surface area contributed by atoms with Gasteiger partial charge in [0.05, 0.1) is 12.2 Å². The van der Waals surface area contributed by atoms with E-state index in [2.05, 4.69) is 15.0 Å². The van der Waals surface area contributed by atoms with Crippen LogP contribution in [0.3, 0.4) is 0 Å². The highest BCUT2D eigenvalue weighted by Gasteiger charge is 2.17. The Labute approximate surface area is 120 Å². The third-order valence-electron chi connectivity index (χ3n) is 2.57. The molecule has 20 heavy (non-hydrogen) atoms. The number of sulfonamides is 1. The third-order valence-corrected chi connectivity index (χ3v) is 4.75. The number of para-hydroxylation sites is 1. The van der Waals surface area contributed by atoms with E-state index in [1.807, 2.05) is 6.92 Å². The second kappa shape index (κ2) is 6.21. The molecule has 0 fully saturated rings. The molecule has 1 heterocycles. The monoisotopic (exact) mass is 313 g/mol. The Bertz CT molecular complexity index is 734. The average Bonchev–Trinajstić information content (AvgIpc) is 2.83. The molecule has 0 saturated heterocycles. The van der Waals surface area contributed by atoms with Crippen molar-refractivity contribution in [3.63, 3.8) is 0 Å². The van der Waals surface area contributed by atoms with Crippen molar-refractivity contribution in [1.82, 2.24) is 9.71 Å². The highest BCUT2D eigenvalue weighted by Crippen LogP contribution is 2.20. The van der Waals surface area contributed by atoms with E-state index in [0.717, 1.165) is 11.3 Å². The van der Waals surface area contributed by atoms with Gasteiger partial charge in [-0.05, 0) is 19.1 Å². The summed E-state index contributed by atoms with van der Waals surface area (Å²) in [6.45, 7) is 2.58. The van der Waals surface area contributed by atoms with Gasteiger partial charge in [0.2, 0.25) is 10.0 Å². The highest BCUT2D eigenvalue weighted by atomic mass is 32.2. The number of H-pyrrole nitrogens is 1. The number of aromatic amines is 1. The quantitative estimate of drug-likeness (QED) is 0.750. The zero-order valence-corrected chi connectivity index (χ0v) is 12.5. The van der Waals surface area contributed by atoms with Crippen molar-refractivity contribution in [2.24, 2.45) is 0 Å². The zero-order valence-electron chi connectivity index (χ0n) is 10.8.